The molecule has 2 aromatic carbocycles. The summed E-state index contributed by atoms with van der Waals surface area (Å²) < 4.78 is 28.2. The van der Waals surface area contributed by atoms with Crippen LogP contribution in [-0.2, 0) is 14.2 Å². The highest BCUT2D eigenvalue weighted by atomic mass is 16.7. The molecule has 2 aliphatic heterocycles. The first-order chi connectivity index (χ1) is 20.9. The van der Waals surface area contributed by atoms with Gasteiger partial charge in [0.05, 0.1) is 25.9 Å². The van der Waals surface area contributed by atoms with Crippen molar-refractivity contribution in [2.75, 3.05) is 20.3 Å². The van der Waals surface area contributed by atoms with Gasteiger partial charge in [0.1, 0.15) is 83.2 Å². The molecule has 1 aromatic heterocycles. The van der Waals surface area contributed by atoms with E-state index >= 15 is 0 Å². The number of hydrogen-bond acceptors (Lipinski definition) is 16. The molecule has 3 aromatic rings. The molecule has 3 heterocycles. The van der Waals surface area contributed by atoms with Crippen LogP contribution in [0.2, 0.25) is 0 Å². The number of aliphatic hydroxyl groups is 7. The lowest BCUT2D eigenvalue weighted by atomic mass is 9.89. The molecular weight excluding hydrogens is 592 g/mol. The van der Waals surface area contributed by atoms with Crippen LogP contribution < -0.4 is 10.2 Å². The summed E-state index contributed by atoms with van der Waals surface area (Å²) in [6.07, 6.45) is -17.1. The predicted octanol–water partition coefficient (Wildman–Crippen LogP) is -2.08. The number of hydrogen-bond donors (Lipinski definition) is 10. The van der Waals surface area contributed by atoms with Gasteiger partial charge < -0.3 is 74.4 Å². The van der Waals surface area contributed by atoms with E-state index in [2.05, 4.69) is 0 Å². The van der Waals surface area contributed by atoms with E-state index in [-0.39, 0.29) is 33.6 Å². The molecule has 0 bridgehead atoms. The van der Waals surface area contributed by atoms with E-state index < -0.39 is 97.1 Å². The zero-order valence-electron chi connectivity index (χ0n) is 23.0. The van der Waals surface area contributed by atoms with E-state index in [1.54, 1.807) is 0 Å². The lowest BCUT2D eigenvalue weighted by molar-refractivity contribution is -0.342. The molecule has 16 heteroatoms. The molecule has 5 rings (SSSR count). The molecule has 10 N–H and O–H groups in total. The molecule has 10 atom stereocenters. The quantitative estimate of drug-likeness (QED) is 0.126. The Labute approximate surface area is 247 Å². The first kappa shape index (κ1) is 31.9. The van der Waals surface area contributed by atoms with Crippen LogP contribution in [0.25, 0.3) is 22.3 Å². The third-order valence-corrected chi connectivity index (χ3v) is 7.77. The molecule has 44 heavy (non-hydrogen) atoms. The fourth-order valence-corrected chi connectivity index (χ4v) is 5.37. The lowest BCUT2D eigenvalue weighted by Gasteiger charge is -2.46. The molecule has 0 saturated carbocycles. The van der Waals surface area contributed by atoms with Crippen LogP contribution in [0.1, 0.15) is 11.7 Å². The van der Waals surface area contributed by atoms with Gasteiger partial charge in [-0.1, -0.05) is 0 Å². The van der Waals surface area contributed by atoms with Crippen LogP contribution in [0.4, 0.5) is 0 Å². The molecule has 2 saturated heterocycles. The number of fused-ring (bicyclic) bond motifs is 1. The van der Waals surface area contributed by atoms with Crippen molar-refractivity contribution in [2.45, 2.75) is 61.2 Å². The SMILES string of the molecule is COc1cc2oc(-c3ccc(O)c(O)c3)cc(=O)c2c(O)c1[C@@H]1OC(CO)[C@@H](O)[C@H](O)C1O[C@@H]1OC(CO)[C@@H](O)[C@H](O)C1O. The molecule has 0 spiro atoms. The predicted molar refractivity (Wildman–Crippen MR) is 145 cm³/mol. The number of benzene rings is 2. The van der Waals surface area contributed by atoms with Crippen molar-refractivity contribution in [1.82, 2.24) is 0 Å². The van der Waals surface area contributed by atoms with Gasteiger partial charge in [0.25, 0.3) is 0 Å². The first-order valence-electron chi connectivity index (χ1n) is 13.4. The van der Waals surface area contributed by atoms with E-state index in [4.69, 9.17) is 23.4 Å². The van der Waals surface area contributed by atoms with E-state index in [1.165, 1.54) is 25.3 Å². The molecule has 4 unspecified atom stereocenters. The number of aromatic hydroxyl groups is 3. The van der Waals surface area contributed by atoms with E-state index in [1.807, 2.05) is 0 Å². The van der Waals surface area contributed by atoms with Crippen molar-refractivity contribution in [3.05, 3.63) is 46.1 Å². The first-order valence-corrected chi connectivity index (χ1v) is 13.4. The van der Waals surface area contributed by atoms with Crippen LogP contribution in [0, 0.1) is 0 Å². The van der Waals surface area contributed by atoms with Crippen molar-refractivity contribution < 1.29 is 74.4 Å². The topological polar surface area (TPSA) is 269 Å². The summed E-state index contributed by atoms with van der Waals surface area (Å²) in [5, 5.41) is 102. The van der Waals surface area contributed by atoms with Crippen LogP contribution >= 0.6 is 0 Å². The molecule has 16 nitrogen and oxygen atoms in total. The summed E-state index contributed by atoms with van der Waals surface area (Å²) in [6.45, 7) is -1.59. The molecule has 0 radical (unpaired) electrons. The van der Waals surface area contributed by atoms with Crippen molar-refractivity contribution in [3.8, 4) is 34.3 Å². The average molecular weight is 625 g/mol. The summed E-state index contributed by atoms with van der Waals surface area (Å²) in [5.74, 6) is -1.83. The minimum absolute atomic E-state index is 0.0383. The standard InChI is InChI=1S/C28H32O16/c1-40-14-6-15-18(12(33)5-13(41-15)9-2-3-10(31)11(32)4-9)22(36)19(14)26-27(24(38)21(35)16(7-29)42-26)44-28-25(39)23(37)20(34)17(8-30)43-28/h2-6,16-17,20-21,23-32,34-39H,7-8H2,1H3/t16?,17?,20-,21-,23+,24+,25?,26+,27?,28+/m1/s1. The number of methoxy groups -OCH3 is 1. The number of phenols is 3. The maximum absolute atomic E-state index is 13.3. The Morgan fingerprint density at radius 3 is 2.09 bits per heavy atom. The van der Waals surface area contributed by atoms with E-state index in [0.29, 0.717) is 0 Å². The van der Waals surface area contributed by atoms with Crippen molar-refractivity contribution in [2.24, 2.45) is 0 Å². The fourth-order valence-electron chi connectivity index (χ4n) is 5.37. The van der Waals surface area contributed by atoms with Crippen molar-refractivity contribution >= 4 is 11.0 Å². The second-order valence-corrected chi connectivity index (χ2v) is 10.4. The Bertz CT molecular complexity index is 1550. The zero-order chi connectivity index (χ0) is 32.0. The smallest absolute Gasteiger partial charge is 0.197 e. The third kappa shape index (κ3) is 5.45. The van der Waals surface area contributed by atoms with Gasteiger partial charge in [-0.3, -0.25) is 4.79 Å². The summed E-state index contributed by atoms with van der Waals surface area (Å²) in [5.41, 5.74) is -1.02. The molecule has 0 aliphatic carbocycles. The number of phenolic OH excluding ortho intramolecular Hbond substituents is 3. The van der Waals surface area contributed by atoms with Gasteiger partial charge in [-0.05, 0) is 18.2 Å². The largest absolute Gasteiger partial charge is 0.506 e. The molecule has 0 amide bonds. The second-order valence-electron chi connectivity index (χ2n) is 10.4. The second kappa shape index (κ2) is 12.4. The van der Waals surface area contributed by atoms with Crippen LogP contribution in [-0.4, -0.2) is 127 Å². The fraction of sp³-hybridized carbons (Fsp3) is 0.464. The van der Waals surface area contributed by atoms with Gasteiger partial charge in [-0.2, -0.15) is 0 Å². The van der Waals surface area contributed by atoms with Crippen LogP contribution in [0.15, 0.2) is 39.5 Å². The Morgan fingerprint density at radius 2 is 1.45 bits per heavy atom. The van der Waals surface area contributed by atoms with Crippen LogP contribution in [0.3, 0.4) is 0 Å². The Morgan fingerprint density at radius 1 is 0.795 bits per heavy atom. The van der Waals surface area contributed by atoms with Crippen molar-refractivity contribution in [1.29, 1.82) is 0 Å². The maximum Gasteiger partial charge on any atom is 0.197 e. The van der Waals surface area contributed by atoms with Gasteiger partial charge in [0, 0.05) is 17.7 Å². The number of ether oxygens (including phenoxy) is 4. The van der Waals surface area contributed by atoms with E-state index in [0.717, 1.165) is 12.1 Å². The highest BCUT2D eigenvalue weighted by molar-refractivity contribution is 5.88. The Balaban J connectivity index is 1.62. The van der Waals surface area contributed by atoms with Gasteiger partial charge in [0.2, 0.25) is 0 Å². The normalized spacial score (nSPS) is 32.5. The van der Waals surface area contributed by atoms with E-state index in [9.17, 15) is 55.9 Å². The molecule has 2 fully saturated rings. The zero-order valence-corrected chi connectivity index (χ0v) is 23.0. The molecular formula is C28H32O16. The third-order valence-electron chi connectivity index (χ3n) is 7.77. The van der Waals surface area contributed by atoms with Crippen LogP contribution in [0.5, 0.6) is 23.0 Å². The van der Waals surface area contributed by atoms with Gasteiger partial charge in [-0.15, -0.1) is 0 Å². The molecule has 2 aliphatic rings. The Kier molecular flexibility index (Phi) is 9.01. The maximum atomic E-state index is 13.3. The minimum Gasteiger partial charge on any atom is -0.506 e. The number of aliphatic hydroxyl groups excluding tert-OH is 7. The average Bonchev–Trinajstić information content (AvgIpc) is 3.00. The van der Waals surface area contributed by atoms with Crippen molar-refractivity contribution in [3.63, 3.8) is 0 Å². The summed E-state index contributed by atoms with van der Waals surface area (Å²) >= 11 is 0. The summed E-state index contributed by atoms with van der Waals surface area (Å²) in [6, 6.07) is 5.95. The van der Waals surface area contributed by atoms with Gasteiger partial charge in [0.15, 0.2) is 23.2 Å². The lowest BCUT2D eigenvalue weighted by Crippen LogP contribution is -2.62. The number of rotatable bonds is 7. The summed E-state index contributed by atoms with van der Waals surface area (Å²) in [7, 11) is 1.20. The molecule has 240 valence electrons. The minimum atomic E-state index is -1.91. The monoisotopic (exact) mass is 624 g/mol. The van der Waals surface area contributed by atoms with Gasteiger partial charge >= 0.3 is 0 Å². The Hall–Kier alpha value is -3.55. The highest BCUT2D eigenvalue weighted by Gasteiger charge is 2.52. The highest BCUT2D eigenvalue weighted by Crippen LogP contribution is 2.46. The van der Waals surface area contributed by atoms with Gasteiger partial charge in [-0.25, -0.2) is 0 Å². The summed E-state index contributed by atoms with van der Waals surface area (Å²) in [4.78, 5) is 13.3.